The third kappa shape index (κ3) is 2.44. The number of nitrogens with zero attached hydrogens (tertiary/aromatic N) is 3. The number of nitriles is 1. The van der Waals surface area contributed by atoms with Crippen molar-refractivity contribution in [3.05, 3.63) is 23.8 Å². The molecule has 0 unspecified atom stereocenters. The van der Waals surface area contributed by atoms with E-state index < -0.39 is 0 Å². The number of aromatic nitrogens is 2. The molecule has 1 heterocycles. The molecule has 2 aromatic rings. The van der Waals surface area contributed by atoms with Crippen LogP contribution in [-0.2, 0) is 11.3 Å². The number of hydrogen-bond acceptors (Lipinski definition) is 4. The summed E-state index contributed by atoms with van der Waals surface area (Å²) in [4.78, 5) is 4.28. The van der Waals surface area contributed by atoms with Crippen LogP contribution in [0, 0.1) is 11.3 Å². The van der Waals surface area contributed by atoms with Gasteiger partial charge in [-0.05, 0) is 31.5 Å². The van der Waals surface area contributed by atoms with Crippen LogP contribution in [0.25, 0.3) is 11.0 Å². The van der Waals surface area contributed by atoms with Crippen LogP contribution in [-0.4, -0.2) is 22.8 Å². The Morgan fingerprint density at radius 3 is 3.06 bits per heavy atom. The molecule has 2 N–H and O–H groups in total. The molecule has 1 aromatic carbocycles. The van der Waals surface area contributed by atoms with Crippen molar-refractivity contribution in [1.29, 1.82) is 5.26 Å². The molecule has 0 bridgehead atoms. The third-order valence-electron chi connectivity index (χ3n) is 2.78. The van der Waals surface area contributed by atoms with Gasteiger partial charge in [-0.3, -0.25) is 0 Å². The van der Waals surface area contributed by atoms with Gasteiger partial charge in [-0.15, -0.1) is 0 Å². The molecular formula is C13H16N4O. The monoisotopic (exact) mass is 244 g/mol. The van der Waals surface area contributed by atoms with Crippen molar-refractivity contribution < 1.29 is 4.74 Å². The summed E-state index contributed by atoms with van der Waals surface area (Å²) in [5.74, 6) is 0.483. The van der Waals surface area contributed by atoms with Gasteiger partial charge in [0, 0.05) is 19.8 Å². The van der Waals surface area contributed by atoms with Gasteiger partial charge in [0.25, 0.3) is 0 Å². The zero-order valence-electron chi connectivity index (χ0n) is 10.4. The lowest BCUT2D eigenvalue weighted by molar-refractivity contribution is 0.142. The second kappa shape index (κ2) is 5.52. The zero-order valence-corrected chi connectivity index (χ0v) is 10.4. The highest BCUT2D eigenvalue weighted by Gasteiger charge is 2.08. The van der Waals surface area contributed by atoms with Gasteiger partial charge in [0.15, 0.2) is 0 Å². The van der Waals surface area contributed by atoms with Gasteiger partial charge in [0.2, 0.25) is 5.95 Å². The van der Waals surface area contributed by atoms with Crippen molar-refractivity contribution in [3.63, 3.8) is 0 Å². The van der Waals surface area contributed by atoms with E-state index in [4.69, 9.17) is 15.7 Å². The maximum Gasteiger partial charge on any atom is 0.201 e. The molecular weight excluding hydrogens is 228 g/mol. The predicted octanol–water partition coefficient (Wildman–Crippen LogP) is 1.92. The lowest BCUT2D eigenvalue weighted by Crippen LogP contribution is -2.06. The maximum atomic E-state index is 8.91. The summed E-state index contributed by atoms with van der Waals surface area (Å²) in [6.07, 6.45) is 0.875. The molecule has 0 aliphatic rings. The summed E-state index contributed by atoms with van der Waals surface area (Å²) in [5.41, 5.74) is 8.23. The van der Waals surface area contributed by atoms with Crippen LogP contribution >= 0.6 is 0 Å². The van der Waals surface area contributed by atoms with Crippen LogP contribution in [0.4, 0.5) is 5.95 Å². The number of anilines is 1. The highest BCUT2D eigenvalue weighted by atomic mass is 16.5. The van der Waals surface area contributed by atoms with Crippen molar-refractivity contribution in [2.24, 2.45) is 0 Å². The first kappa shape index (κ1) is 12.4. The number of aryl methyl sites for hydroxylation is 1. The van der Waals surface area contributed by atoms with E-state index >= 15 is 0 Å². The van der Waals surface area contributed by atoms with E-state index in [2.05, 4.69) is 11.1 Å². The van der Waals surface area contributed by atoms with Gasteiger partial charge in [-0.25, -0.2) is 4.98 Å². The largest absolute Gasteiger partial charge is 0.382 e. The molecule has 0 atom stereocenters. The van der Waals surface area contributed by atoms with Crippen molar-refractivity contribution in [1.82, 2.24) is 9.55 Å². The number of rotatable bonds is 5. The number of ether oxygens (including phenoxy) is 1. The standard InChI is InChI=1S/C13H16N4O/c1-2-18-7-3-6-17-12-8-10(9-14)4-5-11(12)16-13(17)15/h4-5,8H,2-3,6-7H2,1H3,(H2,15,16). The minimum absolute atomic E-state index is 0.483. The number of fused-ring (bicyclic) bond motifs is 1. The lowest BCUT2D eigenvalue weighted by atomic mass is 10.2. The van der Waals surface area contributed by atoms with Crippen LogP contribution in [0.1, 0.15) is 18.9 Å². The van der Waals surface area contributed by atoms with Gasteiger partial charge in [0.05, 0.1) is 22.7 Å². The molecule has 5 nitrogen and oxygen atoms in total. The van der Waals surface area contributed by atoms with E-state index in [0.29, 0.717) is 18.1 Å². The average molecular weight is 244 g/mol. The second-order valence-electron chi connectivity index (χ2n) is 3.99. The quantitative estimate of drug-likeness (QED) is 0.815. The SMILES string of the molecule is CCOCCCn1c(N)nc2ccc(C#N)cc21. The first-order valence-corrected chi connectivity index (χ1v) is 6.00. The molecule has 0 saturated carbocycles. The molecule has 1 aromatic heterocycles. The van der Waals surface area contributed by atoms with E-state index in [9.17, 15) is 0 Å². The average Bonchev–Trinajstić information content (AvgIpc) is 2.70. The number of benzene rings is 1. The molecule has 18 heavy (non-hydrogen) atoms. The van der Waals surface area contributed by atoms with Crippen LogP contribution in [0.2, 0.25) is 0 Å². The molecule has 0 aliphatic carbocycles. The van der Waals surface area contributed by atoms with Crippen molar-refractivity contribution in [2.45, 2.75) is 19.9 Å². The van der Waals surface area contributed by atoms with E-state index in [1.165, 1.54) is 0 Å². The fourth-order valence-electron chi connectivity index (χ4n) is 1.91. The number of nitrogens with two attached hydrogens (primary N) is 1. The molecule has 5 heteroatoms. The number of nitrogen functional groups attached to an aromatic ring is 1. The van der Waals surface area contributed by atoms with Crippen molar-refractivity contribution in [3.8, 4) is 6.07 Å². The number of hydrogen-bond donors (Lipinski definition) is 1. The van der Waals surface area contributed by atoms with E-state index in [-0.39, 0.29) is 0 Å². The minimum atomic E-state index is 0.483. The van der Waals surface area contributed by atoms with Gasteiger partial charge in [-0.2, -0.15) is 5.26 Å². The van der Waals surface area contributed by atoms with Gasteiger partial charge < -0.3 is 15.0 Å². The van der Waals surface area contributed by atoms with Crippen LogP contribution < -0.4 is 5.73 Å². The highest BCUT2D eigenvalue weighted by Crippen LogP contribution is 2.19. The summed E-state index contributed by atoms with van der Waals surface area (Å²) in [6.45, 7) is 4.14. The summed E-state index contributed by atoms with van der Waals surface area (Å²) in [7, 11) is 0. The number of imidazole rings is 1. The normalized spacial score (nSPS) is 10.7. The Morgan fingerprint density at radius 2 is 2.33 bits per heavy atom. The van der Waals surface area contributed by atoms with Gasteiger partial charge in [0.1, 0.15) is 0 Å². The summed E-state index contributed by atoms with van der Waals surface area (Å²) in [5, 5.41) is 8.91. The molecule has 94 valence electrons. The topological polar surface area (TPSA) is 76.9 Å². The molecule has 0 spiro atoms. The van der Waals surface area contributed by atoms with E-state index in [1.54, 1.807) is 6.07 Å². The Labute approximate surface area is 106 Å². The Balaban J connectivity index is 2.25. The zero-order chi connectivity index (χ0) is 13.0. The Bertz CT molecular complexity index is 582. The molecule has 2 rings (SSSR count). The molecule has 0 aliphatic heterocycles. The fraction of sp³-hybridized carbons (Fsp3) is 0.385. The van der Waals surface area contributed by atoms with Crippen molar-refractivity contribution >= 4 is 17.0 Å². The lowest BCUT2D eigenvalue weighted by Gasteiger charge is -2.06. The van der Waals surface area contributed by atoms with E-state index in [0.717, 1.165) is 30.6 Å². The Kier molecular flexibility index (Phi) is 3.80. The van der Waals surface area contributed by atoms with E-state index in [1.807, 2.05) is 23.6 Å². The Morgan fingerprint density at radius 1 is 1.50 bits per heavy atom. The minimum Gasteiger partial charge on any atom is -0.382 e. The fourth-order valence-corrected chi connectivity index (χ4v) is 1.91. The van der Waals surface area contributed by atoms with Gasteiger partial charge >= 0.3 is 0 Å². The summed E-state index contributed by atoms with van der Waals surface area (Å²) < 4.78 is 7.23. The molecule has 0 saturated heterocycles. The van der Waals surface area contributed by atoms with Crippen LogP contribution in [0.15, 0.2) is 18.2 Å². The van der Waals surface area contributed by atoms with Crippen LogP contribution in [0.3, 0.4) is 0 Å². The highest BCUT2D eigenvalue weighted by molar-refractivity contribution is 5.79. The maximum absolute atomic E-state index is 8.91. The first-order chi connectivity index (χ1) is 8.76. The molecule has 0 radical (unpaired) electrons. The van der Waals surface area contributed by atoms with Gasteiger partial charge in [-0.1, -0.05) is 0 Å². The molecule has 0 amide bonds. The Hall–Kier alpha value is -2.06. The molecule has 0 fully saturated rings. The second-order valence-corrected chi connectivity index (χ2v) is 3.99. The third-order valence-corrected chi connectivity index (χ3v) is 2.78. The first-order valence-electron chi connectivity index (χ1n) is 6.00. The smallest absolute Gasteiger partial charge is 0.201 e. The van der Waals surface area contributed by atoms with Crippen LogP contribution in [0.5, 0.6) is 0 Å². The van der Waals surface area contributed by atoms with Crippen molar-refractivity contribution in [2.75, 3.05) is 18.9 Å². The predicted molar refractivity (Wildman–Crippen MR) is 70.0 cm³/mol. The summed E-state index contributed by atoms with van der Waals surface area (Å²) in [6, 6.07) is 7.52. The summed E-state index contributed by atoms with van der Waals surface area (Å²) >= 11 is 0.